The largest absolute Gasteiger partial charge is 0.392 e. The van der Waals surface area contributed by atoms with Gasteiger partial charge in [-0.2, -0.15) is 0 Å². The second-order valence-electron chi connectivity index (χ2n) is 12.7. The van der Waals surface area contributed by atoms with Gasteiger partial charge in [-0.3, -0.25) is 0 Å². The summed E-state index contributed by atoms with van der Waals surface area (Å²) < 4.78 is 53.2. The van der Waals surface area contributed by atoms with Crippen molar-refractivity contribution in [2.75, 3.05) is 32.8 Å². The monoisotopic (exact) mass is 670 g/mol. The zero-order valence-electron chi connectivity index (χ0n) is 26.9. The number of ether oxygens (including phenoxy) is 4. The number of rotatable bonds is 10. The van der Waals surface area contributed by atoms with Crippen molar-refractivity contribution in [1.82, 2.24) is 9.62 Å². The van der Waals surface area contributed by atoms with Crippen molar-refractivity contribution >= 4 is 10.0 Å². The van der Waals surface area contributed by atoms with Crippen LogP contribution in [-0.2, 0) is 42.1 Å². The molecule has 3 saturated heterocycles. The Labute approximate surface area is 282 Å². The number of aliphatic hydroxyl groups is 1. The summed E-state index contributed by atoms with van der Waals surface area (Å²) in [4.78, 5) is 2.68. The molecule has 4 aromatic carbocycles. The first-order chi connectivity index (χ1) is 23.4. The van der Waals surface area contributed by atoms with Gasteiger partial charge in [0.25, 0.3) is 0 Å². The van der Waals surface area contributed by atoms with E-state index in [0.29, 0.717) is 13.2 Å². The summed E-state index contributed by atoms with van der Waals surface area (Å²) in [6, 6.07) is 32.4. The van der Waals surface area contributed by atoms with Crippen molar-refractivity contribution < 1.29 is 32.5 Å². The van der Waals surface area contributed by atoms with E-state index < -0.39 is 22.1 Å². The molecule has 3 aliphatic rings. The SMILES string of the molecule is O=S(=O)(NCc1cccc(-c2ccc([C@@H]3O[C@H](CN4CCC5(CC4)OCCO5)C[C@H](c4ccc(CO)cc4)O3)cc2)c1)c1ccccc1. The second kappa shape index (κ2) is 14.6. The molecule has 7 rings (SSSR count). The summed E-state index contributed by atoms with van der Waals surface area (Å²) in [5.74, 6) is -0.413. The highest BCUT2D eigenvalue weighted by Crippen LogP contribution is 2.39. The lowest BCUT2D eigenvalue weighted by Gasteiger charge is -2.41. The van der Waals surface area contributed by atoms with Gasteiger partial charge >= 0.3 is 0 Å². The Morgan fingerprint density at radius 1 is 0.771 bits per heavy atom. The number of hydrogen-bond acceptors (Lipinski definition) is 8. The average molecular weight is 671 g/mol. The van der Waals surface area contributed by atoms with Gasteiger partial charge in [-0.1, -0.05) is 84.9 Å². The Hall–Kier alpha value is -3.45. The molecule has 1 spiro atoms. The zero-order valence-corrected chi connectivity index (χ0v) is 27.7. The highest BCUT2D eigenvalue weighted by molar-refractivity contribution is 7.89. The van der Waals surface area contributed by atoms with Crippen molar-refractivity contribution in [3.63, 3.8) is 0 Å². The zero-order chi connectivity index (χ0) is 33.0. The topological polar surface area (TPSA) is 107 Å². The van der Waals surface area contributed by atoms with E-state index in [1.165, 1.54) is 0 Å². The lowest BCUT2D eigenvalue weighted by molar-refractivity contribution is -0.255. The third-order valence-corrected chi connectivity index (χ3v) is 10.9. The van der Waals surface area contributed by atoms with Gasteiger partial charge in [-0.15, -0.1) is 0 Å². The maximum absolute atomic E-state index is 12.7. The van der Waals surface area contributed by atoms with Gasteiger partial charge in [0.1, 0.15) is 0 Å². The fourth-order valence-electron chi connectivity index (χ4n) is 6.74. The molecule has 0 saturated carbocycles. The van der Waals surface area contributed by atoms with Gasteiger partial charge in [0.15, 0.2) is 12.1 Å². The molecular formula is C38H42N2O7S. The smallest absolute Gasteiger partial charge is 0.240 e. The molecule has 2 N–H and O–H groups in total. The number of likely N-dealkylation sites (tertiary alicyclic amines) is 1. The minimum absolute atomic E-state index is 0.00258. The molecule has 0 aliphatic carbocycles. The number of aliphatic hydroxyl groups excluding tert-OH is 1. The highest BCUT2D eigenvalue weighted by atomic mass is 32.2. The number of benzene rings is 4. The van der Waals surface area contributed by atoms with Crippen LogP contribution in [0.4, 0.5) is 0 Å². The average Bonchev–Trinajstić information content (AvgIpc) is 3.60. The summed E-state index contributed by atoms with van der Waals surface area (Å²) in [5.41, 5.74) is 5.72. The maximum atomic E-state index is 12.7. The van der Waals surface area contributed by atoms with E-state index in [2.05, 4.69) is 21.8 Å². The lowest BCUT2D eigenvalue weighted by atomic mass is 9.98. The first-order valence-corrected chi connectivity index (χ1v) is 18.1. The minimum Gasteiger partial charge on any atom is -0.392 e. The van der Waals surface area contributed by atoms with E-state index in [9.17, 15) is 13.5 Å². The first-order valence-electron chi connectivity index (χ1n) is 16.6. The number of hydrogen-bond donors (Lipinski definition) is 2. The van der Waals surface area contributed by atoms with Crippen molar-refractivity contribution in [3.05, 3.63) is 125 Å². The Morgan fingerprint density at radius 2 is 1.48 bits per heavy atom. The van der Waals surface area contributed by atoms with Gasteiger partial charge in [-0.05, 0) is 46.0 Å². The quantitative estimate of drug-likeness (QED) is 0.221. The van der Waals surface area contributed by atoms with Crippen LogP contribution in [0.5, 0.6) is 0 Å². The standard InChI is InChI=1S/C38H42N2O7S/c41-27-28-9-11-31(12-10-28)36-24-34(26-40-19-17-38(18-20-40)44-21-22-45-38)46-37(47-36)32-15-13-30(14-16-32)33-6-4-5-29(23-33)25-39-48(42,43)35-7-2-1-3-8-35/h1-16,23,34,36-37,39,41H,17-22,24-27H2/t34-,36+,37+/m0/s1. The molecule has 9 nitrogen and oxygen atoms in total. The molecule has 3 heterocycles. The minimum atomic E-state index is -3.60. The number of sulfonamides is 1. The molecular weight excluding hydrogens is 628 g/mol. The molecule has 3 fully saturated rings. The molecule has 3 atom stereocenters. The molecule has 3 aliphatic heterocycles. The van der Waals surface area contributed by atoms with E-state index in [0.717, 1.165) is 72.3 Å². The molecule has 4 aromatic rings. The normalized spacial score (nSPS) is 23.0. The van der Waals surface area contributed by atoms with Crippen LogP contribution in [-0.4, -0.2) is 63.2 Å². The summed E-state index contributed by atoms with van der Waals surface area (Å²) in [5, 5.41) is 9.55. The molecule has 252 valence electrons. The summed E-state index contributed by atoms with van der Waals surface area (Å²) in [6.45, 7) is 4.10. The van der Waals surface area contributed by atoms with E-state index in [1.54, 1.807) is 30.3 Å². The van der Waals surface area contributed by atoms with Gasteiger partial charge in [0, 0.05) is 51.0 Å². The number of nitrogens with one attached hydrogen (secondary N) is 1. The Balaban J connectivity index is 1.04. The van der Waals surface area contributed by atoms with Crippen LogP contribution < -0.4 is 4.72 Å². The van der Waals surface area contributed by atoms with E-state index in [-0.39, 0.29) is 30.3 Å². The molecule has 0 bridgehead atoms. The highest BCUT2D eigenvalue weighted by Gasteiger charge is 2.41. The third kappa shape index (κ3) is 7.72. The van der Waals surface area contributed by atoms with E-state index in [4.69, 9.17) is 18.9 Å². The lowest BCUT2D eigenvalue weighted by Crippen LogP contribution is -2.48. The Bertz CT molecular complexity index is 1750. The van der Waals surface area contributed by atoms with Gasteiger partial charge in [0.05, 0.1) is 36.9 Å². The summed E-state index contributed by atoms with van der Waals surface area (Å²) in [7, 11) is -3.60. The van der Waals surface area contributed by atoms with Gasteiger partial charge in [0.2, 0.25) is 10.0 Å². The van der Waals surface area contributed by atoms with Crippen LogP contribution in [0, 0.1) is 0 Å². The predicted molar refractivity (Wildman–Crippen MR) is 181 cm³/mol. The van der Waals surface area contributed by atoms with Crippen LogP contribution in [0.2, 0.25) is 0 Å². The fourth-order valence-corrected chi connectivity index (χ4v) is 7.78. The summed E-state index contributed by atoms with van der Waals surface area (Å²) in [6.07, 6.45) is 1.69. The van der Waals surface area contributed by atoms with Crippen LogP contribution in [0.3, 0.4) is 0 Å². The second-order valence-corrected chi connectivity index (χ2v) is 14.5. The Kier molecular flexibility index (Phi) is 10.0. The van der Waals surface area contributed by atoms with Crippen LogP contribution >= 0.6 is 0 Å². The van der Waals surface area contributed by atoms with Crippen LogP contribution in [0.15, 0.2) is 108 Å². The van der Waals surface area contributed by atoms with Crippen molar-refractivity contribution in [2.45, 2.75) is 61.6 Å². The van der Waals surface area contributed by atoms with Crippen molar-refractivity contribution in [3.8, 4) is 11.1 Å². The van der Waals surface area contributed by atoms with Crippen molar-refractivity contribution in [1.29, 1.82) is 0 Å². The fraction of sp³-hybridized carbons (Fsp3) is 0.368. The maximum Gasteiger partial charge on any atom is 0.240 e. The Morgan fingerprint density at radius 3 is 2.19 bits per heavy atom. The third-order valence-electron chi connectivity index (χ3n) is 9.47. The number of piperidine rings is 1. The predicted octanol–water partition coefficient (Wildman–Crippen LogP) is 5.71. The molecule has 0 aromatic heterocycles. The summed E-state index contributed by atoms with van der Waals surface area (Å²) >= 11 is 0. The molecule has 10 heteroatoms. The van der Waals surface area contributed by atoms with Gasteiger partial charge < -0.3 is 29.0 Å². The first kappa shape index (κ1) is 33.1. The molecule has 0 unspecified atom stereocenters. The van der Waals surface area contributed by atoms with Gasteiger partial charge in [-0.25, -0.2) is 13.1 Å². The number of nitrogens with zero attached hydrogens (tertiary/aromatic N) is 1. The molecule has 0 radical (unpaired) electrons. The molecule has 0 amide bonds. The van der Waals surface area contributed by atoms with Crippen molar-refractivity contribution in [2.24, 2.45) is 0 Å². The van der Waals surface area contributed by atoms with Crippen LogP contribution in [0.1, 0.15) is 53.9 Å². The van der Waals surface area contributed by atoms with E-state index >= 15 is 0 Å². The molecule has 48 heavy (non-hydrogen) atoms. The van der Waals surface area contributed by atoms with E-state index in [1.807, 2.05) is 60.7 Å². The van der Waals surface area contributed by atoms with Crippen LogP contribution in [0.25, 0.3) is 11.1 Å².